The number of nitrogens with zero attached hydrogens (tertiary/aromatic N) is 4. The minimum Gasteiger partial charge on any atom is -0.338 e. The van der Waals surface area contributed by atoms with Crippen LogP contribution in [0.2, 0.25) is 0 Å². The maximum absolute atomic E-state index is 12.4. The standard InChI is InChI=1S/C26H31N5O/c1-4-5-20-6-8-21(9-7-20)10-13-25(32)28-22-11-12-24-23(18-22)19(2)27-26(29-24)31-16-14-30(3)15-17-31/h6-13,18H,4-5,14-17H2,1-3H3,(H,28,32)/b13-10+. The summed E-state index contributed by atoms with van der Waals surface area (Å²) in [7, 11) is 2.14. The number of hydrogen-bond donors (Lipinski definition) is 1. The Hall–Kier alpha value is -3.25. The number of fused-ring (bicyclic) bond motifs is 1. The van der Waals surface area contributed by atoms with Crippen molar-refractivity contribution in [1.29, 1.82) is 0 Å². The van der Waals surface area contributed by atoms with Crippen molar-refractivity contribution >= 4 is 34.5 Å². The van der Waals surface area contributed by atoms with Gasteiger partial charge >= 0.3 is 0 Å². The third-order valence-corrected chi connectivity index (χ3v) is 5.87. The van der Waals surface area contributed by atoms with E-state index in [9.17, 15) is 4.79 Å². The average molecular weight is 430 g/mol. The van der Waals surface area contributed by atoms with Gasteiger partial charge in [-0.1, -0.05) is 37.6 Å². The first kappa shape index (κ1) is 22.0. The van der Waals surface area contributed by atoms with Crippen molar-refractivity contribution in [3.8, 4) is 0 Å². The van der Waals surface area contributed by atoms with Gasteiger partial charge in [0.1, 0.15) is 0 Å². The van der Waals surface area contributed by atoms with E-state index in [2.05, 4.69) is 41.2 Å². The molecule has 6 nitrogen and oxygen atoms in total. The van der Waals surface area contributed by atoms with Crippen molar-refractivity contribution in [3.05, 3.63) is 65.4 Å². The van der Waals surface area contributed by atoms with Crippen LogP contribution in [0.25, 0.3) is 17.0 Å². The summed E-state index contributed by atoms with van der Waals surface area (Å²) in [5.41, 5.74) is 4.89. The molecule has 2 heterocycles. The SMILES string of the molecule is CCCc1ccc(/C=C/C(=O)Nc2ccc3nc(N4CCN(C)CC4)nc(C)c3c2)cc1. The number of nitrogens with one attached hydrogen (secondary N) is 1. The van der Waals surface area contributed by atoms with Crippen LogP contribution in [-0.2, 0) is 11.2 Å². The van der Waals surface area contributed by atoms with E-state index in [1.165, 1.54) is 5.56 Å². The molecule has 1 saturated heterocycles. The number of amides is 1. The highest BCUT2D eigenvalue weighted by Crippen LogP contribution is 2.23. The zero-order valence-electron chi connectivity index (χ0n) is 19.1. The molecule has 3 aromatic rings. The van der Waals surface area contributed by atoms with E-state index in [4.69, 9.17) is 9.97 Å². The quantitative estimate of drug-likeness (QED) is 0.592. The van der Waals surface area contributed by atoms with Crippen molar-refractivity contribution < 1.29 is 4.79 Å². The van der Waals surface area contributed by atoms with Gasteiger partial charge < -0.3 is 15.1 Å². The average Bonchev–Trinajstić information content (AvgIpc) is 2.79. The van der Waals surface area contributed by atoms with E-state index in [1.807, 2.05) is 43.3 Å². The van der Waals surface area contributed by atoms with Gasteiger partial charge in [0.05, 0.1) is 11.2 Å². The van der Waals surface area contributed by atoms with Gasteiger partial charge in [-0.25, -0.2) is 9.97 Å². The van der Waals surface area contributed by atoms with Crippen LogP contribution in [0.3, 0.4) is 0 Å². The van der Waals surface area contributed by atoms with E-state index in [1.54, 1.807) is 6.08 Å². The zero-order chi connectivity index (χ0) is 22.5. The number of carbonyl (C=O) groups is 1. The molecule has 4 rings (SSSR count). The van der Waals surface area contributed by atoms with Gasteiger partial charge in [-0.05, 0) is 55.8 Å². The summed E-state index contributed by atoms with van der Waals surface area (Å²) in [5.74, 6) is 0.627. The second-order valence-electron chi connectivity index (χ2n) is 8.45. The molecule has 0 spiro atoms. The van der Waals surface area contributed by atoms with Gasteiger partial charge in [-0.3, -0.25) is 4.79 Å². The minimum atomic E-state index is -0.158. The number of piperazine rings is 1. The summed E-state index contributed by atoms with van der Waals surface area (Å²) in [6.45, 7) is 8.07. The fourth-order valence-electron chi connectivity index (χ4n) is 3.93. The van der Waals surface area contributed by atoms with Crippen LogP contribution in [0.1, 0.15) is 30.2 Å². The van der Waals surface area contributed by atoms with Crippen LogP contribution < -0.4 is 10.2 Å². The predicted molar refractivity (Wildman–Crippen MR) is 132 cm³/mol. The lowest BCUT2D eigenvalue weighted by atomic mass is 10.1. The summed E-state index contributed by atoms with van der Waals surface area (Å²) < 4.78 is 0. The molecule has 0 radical (unpaired) electrons. The highest BCUT2D eigenvalue weighted by molar-refractivity contribution is 6.03. The molecule has 0 saturated carbocycles. The topological polar surface area (TPSA) is 61.4 Å². The van der Waals surface area contributed by atoms with Gasteiger partial charge in [-0.15, -0.1) is 0 Å². The van der Waals surface area contributed by atoms with Crippen LogP contribution in [-0.4, -0.2) is 54.0 Å². The Morgan fingerprint density at radius 2 is 1.81 bits per heavy atom. The maximum Gasteiger partial charge on any atom is 0.248 e. The molecule has 1 aromatic heterocycles. The molecule has 0 atom stereocenters. The number of hydrogen-bond acceptors (Lipinski definition) is 5. The molecule has 0 unspecified atom stereocenters. The first-order chi connectivity index (χ1) is 15.5. The zero-order valence-corrected chi connectivity index (χ0v) is 19.1. The maximum atomic E-state index is 12.4. The minimum absolute atomic E-state index is 0.158. The normalized spacial score (nSPS) is 14.9. The lowest BCUT2D eigenvalue weighted by Crippen LogP contribution is -2.45. The Bertz CT molecular complexity index is 1120. The molecular formula is C26H31N5O. The Balaban J connectivity index is 1.44. The molecule has 1 aliphatic heterocycles. The van der Waals surface area contributed by atoms with Crippen LogP contribution in [0, 0.1) is 6.92 Å². The van der Waals surface area contributed by atoms with Gasteiger partial charge in [0.15, 0.2) is 0 Å². The van der Waals surface area contributed by atoms with Crippen LogP contribution in [0.4, 0.5) is 11.6 Å². The molecule has 0 aliphatic carbocycles. The number of likely N-dealkylation sites (N-methyl/N-ethyl adjacent to an activating group) is 1. The van der Waals surface area contributed by atoms with Gasteiger partial charge in [-0.2, -0.15) is 0 Å². The number of aromatic nitrogens is 2. The number of rotatable bonds is 6. The monoisotopic (exact) mass is 429 g/mol. The predicted octanol–water partition coefficient (Wildman–Crippen LogP) is 4.29. The number of anilines is 2. The Morgan fingerprint density at radius 1 is 1.06 bits per heavy atom. The Morgan fingerprint density at radius 3 is 2.53 bits per heavy atom. The van der Waals surface area contributed by atoms with Crippen molar-refractivity contribution in [2.75, 3.05) is 43.4 Å². The molecular weight excluding hydrogens is 398 g/mol. The molecule has 1 N–H and O–H groups in total. The molecule has 1 aliphatic rings. The molecule has 166 valence electrons. The number of benzene rings is 2. The van der Waals surface area contributed by atoms with E-state index in [0.717, 1.165) is 72.8 Å². The lowest BCUT2D eigenvalue weighted by Gasteiger charge is -2.32. The molecule has 6 heteroatoms. The third-order valence-electron chi connectivity index (χ3n) is 5.87. The summed E-state index contributed by atoms with van der Waals surface area (Å²) in [6.07, 6.45) is 5.61. The lowest BCUT2D eigenvalue weighted by molar-refractivity contribution is -0.111. The fraction of sp³-hybridized carbons (Fsp3) is 0.346. The van der Waals surface area contributed by atoms with Crippen molar-refractivity contribution in [3.63, 3.8) is 0 Å². The van der Waals surface area contributed by atoms with Crippen molar-refractivity contribution in [2.24, 2.45) is 0 Å². The first-order valence-electron chi connectivity index (χ1n) is 11.3. The van der Waals surface area contributed by atoms with E-state index in [-0.39, 0.29) is 5.91 Å². The smallest absolute Gasteiger partial charge is 0.248 e. The summed E-state index contributed by atoms with van der Waals surface area (Å²) in [5, 5.41) is 3.90. The highest BCUT2D eigenvalue weighted by atomic mass is 16.1. The number of carbonyl (C=O) groups excluding carboxylic acids is 1. The molecule has 32 heavy (non-hydrogen) atoms. The molecule has 1 amide bonds. The third kappa shape index (κ3) is 5.32. The van der Waals surface area contributed by atoms with Crippen LogP contribution in [0.5, 0.6) is 0 Å². The van der Waals surface area contributed by atoms with Crippen molar-refractivity contribution in [1.82, 2.24) is 14.9 Å². The molecule has 2 aromatic carbocycles. The first-order valence-corrected chi connectivity index (χ1v) is 11.3. The molecule has 1 fully saturated rings. The summed E-state index contributed by atoms with van der Waals surface area (Å²) in [4.78, 5) is 26.5. The Labute approximate surface area is 190 Å². The fourth-order valence-corrected chi connectivity index (χ4v) is 3.93. The molecule has 0 bridgehead atoms. The largest absolute Gasteiger partial charge is 0.338 e. The van der Waals surface area contributed by atoms with Gasteiger partial charge in [0, 0.05) is 43.3 Å². The van der Waals surface area contributed by atoms with Gasteiger partial charge in [0.25, 0.3) is 0 Å². The van der Waals surface area contributed by atoms with E-state index >= 15 is 0 Å². The number of aryl methyl sites for hydroxylation is 2. The Kier molecular flexibility index (Phi) is 6.81. The van der Waals surface area contributed by atoms with Crippen LogP contribution in [0.15, 0.2) is 48.5 Å². The van der Waals surface area contributed by atoms with Crippen molar-refractivity contribution in [2.45, 2.75) is 26.7 Å². The van der Waals surface area contributed by atoms with E-state index in [0.29, 0.717) is 0 Å². The second kappa shape index (κ2) is 9.92. The van der Waals surface area contributed by atoms with E-state index < -0.39 is 0 Å². The van der Waals surface area contributed by atoms with Crippen LogP contribution >= 0.6 is 0 Å². The second-order valence-corrected chi connectivity index (χ2v) is 8.45. The summed E-state index contributed by atoms with van der Waals surface area (Å²) >= 11 is 0. The summed E-state index contributed by atoms with van der Waals surface area (Å²) in [6, 6.07) is 14.1. The van der Waals surface area contributed by atoms with Gasteiger partial charge in [0.2, 0.25) is 11.9 Å². The highest BCUT2D eigenvalue weighted by Gasteiger charge is 2.17.